The number of rotatable bonds is 4. The maximum atomic E-state index is 12.2. The molecule has 0 N–H and O–H groups in total. The monoisotopic (exact) mass is 497 g/mol. The second-order valence-electron chi connectivity index (χ2n) is 11.2. The fraction of sp³-hybridized carbons (Fsp3) is 0.333. The summed E-state index contributed by atoms with van der Waals surface area (Å²) in [5, 5.41) is 11.5. The van der Waals surface area contributed by atoms with Gasteiger partial charge in [0, 0.05) is 17.7 Å². The first-order valence-electron chi connectivity index (χ1n) is 12.4. The first-order valence-corrected chi connectivity index (χ1v) is 12.4. The van der Waals surface area contributed by atoms with Crippen molar-refractivity contribution in [2.24, 2.45) is 0 Å². The second-order valence-corrected chi connectivity index (χ2v) is 11.2. The quantitative estimate of drug-likeness (QED) is 0.171. The molecule has 0 aliphatic heterocycles. The summed E-state index contributed by atoms with van der Waals surface area (Å²) < 4.78 is 6.97. The molecule has 1 aliphatic rings. The van der Waals surface area contributed by atoms with E-state index in [1.54, 1.807) is 24.3 Å². The van der Waals surface area contributed by atoms with Crippen LogP contribution in [0, 0.1) is 17.0 Å². The number of fused-ring (bicyclic) bond motifs is 2. The molecule has 4 aromatic rings. The van der Waals surface area contributed by atoms with Gasteiger partial charge in [-0.05, 0) is 71.6 Å². The first-order chi connectivity index (χ1) is 17.4. The topological polar surface area (TPSA) is 87.3 Å². The Morgan fingerprint density at radius 2 is 1.68 bits per heavy atom. The van der Waals surface area contributed by atoms with Gasteiger partial charge >= 0.3 is 5.97 Å². The fourth-order valence-corrected chi connectivity index (χ4v) is 5.47. The molecular formula is C30H31N3O4. The third-order valence-corrected chi connectivity index (χ3v) is 7.80. The van der Waals surface area contributed by atoms with E-state index >= 15 is 0 Å². The summed E-state index contributed by atoms with van der Waals surface area (Å²) in [7, 11) is 1.35. The summed E-state index contributed by atoms with van der Waals surface area (Å²) >= 11 is 0. The second kappa shape index (κ2) is 8.54. The maximum Gasteiger partial charge on any atom is 0.337 e. The van der Waals surface area contributed by atoms with E-state index in [9.17, 15) is 14.9 Å². The van der Waals surface area contributed by atoms with Gasteiger partial charge in [-0.2, -0.15) is 0 Å². The van der Waals surface area contributed by atoms with Crippen LogP contribution < -0.4 is 0 Å². The minimum absolute atomic E-state index is 0.00333. The van der Waals surface area contributed by atoms with Crippen LogP contribution in [0.4, 0.5) is 5.69 Å². The zero-order valence-electron chi connectivity index (χ0n) is 22.1. The van der Waals surface area contributed by atoms with Crippen LogP contribution in [0.2, 0.25) is 0 Å². The number of imidazole rings is 1. The van der Waals surface area contributed by atoms with Crippen LogP contribution >= 0.6 is 0 Å². The van der Waals surface area contributed by atoms with Gasteiger partial charge in [0.2, 0.25) is 0 Å². The Kier molecular flexibility index (Phi) is 5.70. The van der Waals surface area contributed by atoms with Crippen molar-refractivity contribution in [1.29, 1.82) is 0 Å². The van der Waals surface area contributed by atoms with Crippen LogP contribution in [0.1, 0.15) is 67.6 Å². The average Bonchev–Trinajstić information content (AvgIpc) is 3.25. The van der Waals surface area contributed by atoms with Crippen LogP contribution in [0.15, 0.2) is 54.6 Å². The molecule has 1 heterocycles. The molecule has 0 unspecified atom stereocenters. The van der Waals surface area contributed by atoms with E-state index in [4.69, 9.17) is 9.72 Å². The Balaban J connectivity index is 1.84. The third-order valence-electron chi connectivity index (χ3n) is 7.80. The summed E-state index contributed by atoms with van der Waals surface area (Å²) in [6.07, 6.45) is 2.20. The predicted molar refractivity (Wildman–Crippen MR) is 145 cm³/mol. The molecule has 190 valence electrons. The summed E-state index contributed by atoms with van der Waals surface area (Å²) in [5.41, 5.74) is 7.25. The number of carbonyl (C=O) groups excluding carboxylic acids is 1. The molecule has 37 heavy (non-hydrogen) atoms. The Labute approximate surface area is 216 Å². The summed E-state index contributed by atoms with van der Waals surface area (Å²) in [5.74, 6) is 0.138. The number of nitro benzene ring substituents is 1. The molecule has 0 saturated carbocycles. The molecule has 0 bridgehead atoms. The number of hydrogen-bond acceptors (Lipinski definition) is 5. The van der Waals surface area contributed by atoms with Crippen molar-refractivity contribution in [1.82, 2.24) is 9.55 Å². The summed E-state index contributed by atoms with van der Waals surface area (Å²) in [6, 6.07) is 16.4. The number of hydrogen-bond donors (Lipinski definition) is 0. The lowest BCUT2D eigenvalue weighted by Crippen LogP contribution is -2.34. The molecule has 0 amide bonds. The Bertz CT molecular complexity index is 1580. The van der Waals surface area contributed by atoms with Crippen molar-refractivity contribution in [3.05, 3.63) is 87.0 Å². The van der Waals surface area contributed by atoms with E-state index < -0.39 is 10.9 Å². The van der Waals surface area contributed by atoms with Crippen LogP contribution in [-0.2, 0) is 15.6 Å². The molecule has 3 aromatic carbocycles. The van der Waals surface area contributed by atoms with Crippen LogP contribution in [0.5, 0.6) is 0 Å². The molecule has 1 aromatic heterocycles. The summed E-state index contributed by atoms with van der Waals surface area (Å²) in [4.78, 5) is 28.2. The average molecular weight is 498 g/mol. The molecule has 0 radical (unpaired) electrons. The van der Waals surface area contributed by atoms with Gasteiger partial charge in [-0.1, -0.05) is 45.9 Å². The van der Waals surface area contributed by atoms with Crippen molar-refractivity contribution in [2.75, 3.05) is 7.11 Å². The zero-order chi connectivity index (χ0) is 26.7. The molecule has 0 atom stereocenters. The van der Waals surface area contributed by atoms with Crippen molar-refractivity contribution in [3.8, 4) is 17.1 Å². The van der Waals surface area contributed by atoms with Gasteiger partial charge in [0.05, 0.1) is 34.3 Å². The van der Waals surface area contributed by atoms with Crippen molar-refractivity contribution in [3.63, 3.8) is 0 Å². The van der Waals surface area contributed by atoms with Crippen LogP contribution in [0.3, 0.4) is 0 Å². The number of non-ortho nitro benzene ring substituents is 1. The highest BCUT2D eigenvalue weighted by molar-refractivity contribution is 5.95. The number of nitro groups is 1. The normalized spacial score (nSPS) is 15.8. The minimum atomic E-state index is -0.442. The molecular weight excluding hydrogens is 466 g/mol. The highest BCUT2D eigenvalue weighted by Crippen LogP contribution is 2.47. The Morgan fingerprint density at radius 3 is 2.32 bits per heavy atom. The van der Waals surface area contributed by atoms with E-state index in [1.807, 2.05) is 12.1 Å². The van der Waals surface area contributed by atoms with E-state index in [0.717, 1.165) is 29.6 Å². The lowest BCUT2D eigenvalue weighted by Gasteiger charge is -2.42. The van der Waals surface area contributed by atoms with Crippen molar-refractivity contribution < 1.29 is 14.5 Å². The molecule has 7 nitrogen and oxygen atoms in total. The number of methoxy groups -OCH3 is 1. The Morgan fingerprint density at radius 1 is 1.00 bits per heavy atom. The van der Waals surface area contributed by atoms with Gasteiger partial charge in [-0.3, -0.25) is 14.7 Å². The number of ether oxygens (including phenoxy) is 1. The Hall–Kier alpha value is -4.00. The smallest absolute Gasteiger partial charge is 0.337 e. The maximum absolute atomic E-state index is 12.2. The predicted octanol–water partition coefficient (Wildman–Crippen LogP) is 7.04. The van der Waals surface area contributed by atoms with Crippen molar-refractivity contribution in [2.45, 2.75) is 58.3 Å². The molecule has 0 spiro atoms. The van der Waals surface area contributed by atoms with E-state index in [2.05, 4.69) is 51.3 Å². The van der Waals surface area contributed by atoms with Gasteiger partial charge in [0.15, 0.2) is 0 Å². The van der Waals surface area contributed by atoms with Gasteiger partial charge in [0.25, 0.3) is 5.69 Å². The van der Waals surface area contributed by atoms with E-state index in [1.165, 1.54) is 24.3 Å². The SMILES string of the molecule is COC(=O)c1ccc2c(c1)nc(-c1cccc([N+](=O)[O-])c1)n2-c1cc2c(cc1C)C(C)(C)CCC2(C)C. The van der Waals surface area contributed by atoms with Gasteiger partial charge in [-0.15, -0.1) is 0 Å². The molecule has 1 aliphatic carbocycles. The van der Waals surface area contributed by atoms with Crippen LogP contribution in [0.25, 0.3) is 28.1 Å². The number of esters is 1. The first kappa shape index (κ1) is 24.7. The summed E-state index contributed by atoms with van der Waals surface area (Å²) in [6.45, 7) is 11.3. The zero-order valence-corrected chi connectivity index (χ0v) is 22.1. The molecule has 0 saturated heterocycles. The number of carbonyl (C=O) groups is 1. The number of aromatic nitrogens is 2. The number of benzene rings is 3. The lowest BCUT2D eigenvalue weighted by atomic mass is 9.63. The van der Waals surface area contributed by atoms with Gasteiger partial charge in [-0.25, -0.2) is 9.78 Å². The van der Waals surface area contributed by atoms with Crippen molar-refractivity contribution >= 4 is 22.7 Å². The third kappa shape index (κ3) is 4.08. The highest BCUT2D eigenvalue weighted by Gasteiger charge is 2.38. The largest absolute Gasteiger partial charge is 0.465 e. The van der Waals surface area contributed by atoms with Gasteiger partial charge in [0.1, 0.15) is 5.82 Å². The number of aryl methyl sites for hydroxylation is 1. The molecule has 0 fully saturated rings. The lowest BCUT2D eigenvalue weighted by molar-refractivity contribution is -0.384. The standard InChI is InChI=1S/C30H31N3O4/c1-18-14-22-23(30(4,5)13-12-29(22,2)3)17-26(18)32-25-11-10-20(28(34)37-6)16-24(25)31-27(32)19-8-7-9-21(15-19)33(35)36/h7-11,14-17H,12-13H2,1-6H3. The fourth-order valence-electron chi connectivity index (χ4n) is 5.47. The van der Waals surface area contributed by atoms with E-state index in [-0.39, 0.29) is 16.5 Å². The van der Waals surface area contributed by atoms with Gasteiger partial charge < -0.3 is 4.74 Å². The molecule has 5 rings (SSSR count). The van der Waals surface area contributed by atoms with E-state index in [0.29, 0.717) is 22.5 Å². The molecule has 7 heteroatoms. The highest BCUT2D eigenvalue weighted by atomic mass is 16.6. The van der Waals surface area contributed by atoms with Crippen LogP contribution in [-0.4, -0.2) is 27.6 Å². The number of nitrogens with zero attached hydrogens (tertiary/aromatic N) is 3. The minimum Gasteiger partial charge on any atom is -0.465 e.